The van der Waals surface area contributed by atoms with E-state index in [0.717, 1.165) is 5.82 Å². The third kappa shape index (κ3) is 2.81. The lowest BCUT2D eigenvalue weighted by Gasteiger charge is -2.23. The molecule has 0 aliphatic rings. The fourth-order valence-corrected chi connectivity index (χ4v) is 1.98. The number of hydrogen-bond donors (Lipinski definition) is 1. The Bertz CT molecular complexity index is 593. The number of hydrogen-bond acceptors (Lipinski definition) is 5. The van der Waals surface area contributed by atoms with Crippen LogP contribution in [0, 0.1) is 12.8 Å². The second-order valence-corrected chi connectivity index (χ2v) is 4.86. The van der Waals surface area contributed by atoms with Gasteiger partial charge in [0.1, 0.15) is 12.4 Å². The zero-order chi connectivity index (χ0) is 14.0. The Balaban J connectivity index is 2.45. The molecule has 0 spiro atoms. The maximum Gasteiger partial charge on any atom is 0.323 e. The Morgan fingerprint density at radius 2 is 2.21 bits per heavy atom. The topological polar surface area (TPSA) is 83.6 Å². The molecule has 0 aliphatic carbocycles. The molecule has 2 rings (SSSR count). The highest BCUT2D eigenvalue weighted by atomic mass is 16.4. The van der Waals surface area contributed by atoms with Crippen molar-refractivity contribution in [3.8, 4) is 0 Å². The highest BCUT2D eigenvalue weighted by molar-refractivity contribution is 5.76. The highest BCUT2D eigenvalue weighted by Crippen LogP contribution is 2.18. The molecule has 0 bridgehead atoms. The SMILES string of the molecule is Cc1nnc2c(N(CC(=O)O)CC(C)C)nccn12. The number of carboxylic acids is 1. The van der Waals surface area contributed by atoms with E-state index in [1.807, 2.05) is 20.8 Å². The zero-order valence-electron chi connectivity index (χ0n) is 11.2. The van der Waals surface area contributed by atoms with Crippen LogP contribution >= 0.6 is 0 Å². The number of nitrogens with zero attached hydrogens (tertiary/aromatic N) is 5. The predicted molar refractivity (Wildman–Crippen MR) is 70.2 cm³/mol. The van der Waals surface area contributed by atoms with Crippen molar-refractivity contribution >= 4 is 17.4 Å². The summed E-state index contributed by atoms with van der Waals surface area (Å²) in [5, 5.41) is 17.1. The summed E-state index contributed by atoms with van der Waals surface area (Å²) in [5.41, 5.74) is 0.585. The second kappa shape index (κ2) is 5.21. The van der Waals surface area contributed by atoms with E-state index >= 15 is 0 Å². The van der Waals surface area contributed by atoms with Crippen molar-refractivity contribution in [2.75, 3.05) is 18.0 Å². The quantitative estimate of drug-likeness (QED) is 0.865. The molecule has 0 aromatic carbocycles. The Morgan fingerprint density at radius 3 is 2.84 bits per heavy atom. The minimum Gasteiger partial charge on any atom is -0.480 e. The number of carboxylic acid groups (broad SMARTS) is 1. The Labute approximate surface area is 110 Å². The van der Waals surface area contributed by atoms with E-state index in [4.69, 9.17) is 5.11 Å². The Morgan fingerprint density at radius 1 is 1.47 bits per heavy atom. The van der Waals surface area contributed by atoms with Crippen LogP contribution in [0.2, 0.25) is 0 Å². The van der Waals surface area contributed by atoms with Gasteiger partial charge >= 0.3 is 5.97 Å². The van der Waals surface area contributed by atoms with Crippen molar-refractivity contribution < 1.29 is 9.90 Å². The highest BCUT2D eigenvalue weighted by Gasteiger charge is 2.18. The van der Waals surface area contributed by atoms with E-state index < -0.39 is 5.97 Å². The summed E-state index contributed by atoms with van der Waals surface area (Å²) in [6.07, 6.45) is 3.40. The minimum atomic E-state index is -0.888. The molecule has 0 fully saturated rings. The molecule has 0 saturated heterocycles. The molecule has 1 N–H and O–H groups in total. The number of rotatable bonds is 5. The predicted octanol–water partition coefficient (Wildman–Crippen LogP) is 0.980. The Hall–Kier alpha value is -2.18. The van der Waals surface area contributed by atoms with Crippen LogP contribution in [-0.4, -0.2) is 43.7 Å². The van der Waals surface area contributed by atoms with Crippen LogP contribution in [0.5, 0.6) is 0 Å². The van der Waals surface area contributed by atoms with Gasteiger partial charge in [-0.15, -0.1) is 10.2 Å². The van der Waals surface area contributed by atoms with E-state index in [0.29, 0.717) is 23.9 Å². The van der Waals surface area contributed by atoms with E-state index in [9.17, 15) is 4.79 Å². The molecule has 0 radical (unpaired) electrons. The van der Waals surface area contributed by atoms with E-state index in [2.05, 4.69) is 15.2 Å². The maximum atomic E-state index is 11.0. The molecule has 2 heterocycles. The first kappa shape index (κ1) is 13.3. The molecule has 0 atom stereocenters. The van der Waals surface area contributed by atoms with E-state index in [-0.39, 0.29) is 6.54 Å². The van der Waals surface area contributed by atoms with Gasteiger partial charge in [-0.3, -0.25) is 9.20 Å². The average molecular weight is 263 g/mol. The summed E-state index contributed by atoms with van der Waals surface area (Å²) in [6, 6.07) is 0. The van der Waals surface area contributed by atoms with Gasteiger partial charge in [-0.05, 0) is 12.8 Å². The van der Waals surface area contributed by atoms with E-state index in [1.54, 1.807) is 21.7 Å². The molecular formula is C12H17N5O2. The first-order valence-corrected chi connectivity index (χ1v) is 6.12. The third-order valence-corrected chi connectivity index (χ3v) is 2.69. The maximum absolute atomic E-state index is 11.0. The van der Waals surface area contributed by atoms with Gasteiger partial charge in [-0.2, -0.15) is 0 Å². The minimum absolute atomic E-state index is 0.100. The monoisotopic (exact) mass is 263 g/mol. The summed E-state index contributed by atoms with van der Waals surface area (Å²) in [5.74, 6) is 0.740. The average Bonchev–Trinajstić information content (AvgIpc) is 2.69. The smallest absolute Gasteiger partial charge is 0.323 e. The summed E-state index contributed by atoms with van der Waals surface area (Å²) in [6.45, 7) is 6.41. The van der Waals surface area contributed by atoms with Crippen molar-refractivity contribution in [3.63, 3.8) is 0 Å². The molecule has 19 heavy (non-hydrogen) atoms. The van der Waals surface area contributed by atoms with Crippen LogP contribution in [0.25, 0.3) is 5.65 Å². The van der Waals surface area contributed by atoms with Crippen molar-refractivity contribution in [2.24, 2.45) is 5.92 Å². The third-order valence-electron chi connectivity index (χ3n) is 2.69. The number of aryl methyl sites for hydroxylation is 1. The Kier molecular flexibility index (Phi) is 3.64. The van der Waals surface area contributed by atoms with Crippen molar-refractivity contribution in [1.82, 2.24) is 19.6 Å². The number of carbonyl (C=O) groups is 1. The molecule has 102 valence electrons. The zero-order valence-corrected chi connectivity index (χ0v) is 11.2. The lowest BCUT2D eigenvalue weighted by Crippen LogP contribution is -2.34. The van der Waals surface area contributed by atoms with Gasteiger partial charge in [0.2, 0.25) is 5.65 Å². The molecule has 0 amide bonds. The molecule has 0 saturated carbocycles. The fraction of sp³-hybridized carbons (Fsp3) is 0.500. The number of fused-ring (bicyclic) bond motifs is 1. The molecule has 2 aromatic heterocycles. The van der Waals surface area contributed by atoms with Gasteiger partial charge in [-0.1, -0.05) is 13.8 Å². The molecule has 0 unspecified atom stereocenters. The van der Waals surface area contributed by atoms with Crippen molar-refractivity contribution in [1.29, 1.82) is 0 Å². The van der Waals surface area contributed by atoms with Gasteiger partial charge in [0.05, 0.1) is 0 Å². The van der Waals surface area contributed by atoms with Crippen LogP contribution < -0.4 is 4.90 Å². The van der Waals surface area contributed by atoms with E-state index in [1.165, 1.54) is 0 Å². The van der Waals surface area contributed by atoms with Crippen molar-refractivity contribution in [3.05, 3.63) is 18.2 Å². The first-order chi connectivity index (χ1) is 8.99. The van der Waals surface area contributed by atoms with Gasteiger partial charge in [0.15, 0.2) is 5.82 Å². The number of anilines is 1. The molecule has 0 aliphatic heterocycles. The number of aromatic nitrogens is 4. The van der Waals surface area contributed by atoms with Crippen molar-refractivity contribution in [2.45, 2.75) is 20.8 Å². The van der Waals surface area contributed by atoms with Gasteiger partial charge in [0.25, 0.3) is 0 Å². The van der Waals surface area contributed by atoms with Gasteiger partial charge in [-0.25, -0.2) is 4.98 Å². The van der Waals surface area contributed by atoms with Gasteiger partial charge in [0, 0.05) is 18.9 Å². The van der Waals surface area contributed by atoms with Crippen LogP contribution in [-0.2, 0) is 4.79 Å². The van der Waals surface area contributed by atoms with Gasteiger partial charge < -0.3 is 10.0 Å². The van der Waals surface area contributed by atoms with Crippen LogP contribution in [0.3, 0.4) is 0 Å². The number of aliphatic carboxylic acids is 1. The molecule has 2 aromatic rings. The lowest BCUT2D eigenvalue weighted by molar-refractivity contribution is -0.135. The normalized spacial score (nSPS) is 11.2. The second-order valence-electron chi connectivity index (χ2n) is 4.86. The summed E-state index contributed by atoms with van der Waals surface area (Å²) in [7, 11) is 0. The summed E-state index contributed by atoms with van der Waals surface area (Å²) in [4.78, 5) is 17.0. The molecule has 7 nitrogen and oxygen atoms in total. The molecule has 7 heteroatoms. The van der Waals surface area contributed by atoms with Crippen LogP contribution in [0.4, 0.5) is 5.82 Å². The van der Waals surface area contributed by atoms with Crippen LogP contribution in [0.15, 0.2) is 12.4 Å². The lowest BCUT2D eigenvalue weighted by atomic mass is 10.2. The van der Waals surface area contributed by atoms with Crippen LogP contribution in [0.1, 0.15) is 19.7 Å². The summed E-state index contributed by atoms with van der Waals surface area (Å²) < 4.78 is 1.80. The fourth-order valence-electron chi connectivity index (χ4n) is 1.98. The molecular weight excluding hydrogens is 246 g/mol. The first-order valence-electron chi connectivity index (χ1n) is 6.12. The summed E-state index contributed by atoms with van der Waals surface area (Å²) >= 11 is 0. The standard InChI is InChI=1S/C12H17N5O2/c1-8(2)6-16(7-10(18)19)11-12-15-14-9(3)17(12)5-4-13-11/h4-5,8H,6-7H2,1-3H3,(H,18,19). The largest absolute Gasteiger partial charge is 0.480 e.